The highest BCUT2D eigenvalue weighted by Crippen LogP contribution is 2.53. The fourth-order valence-electron chi connectivity index (χ4n) is 8.64. The van der Waals surface area contributed by atoms with Crippen LogP contribution in [0.3, 0.4) is 0 Å². The van der Waals surface area contributed by atoms with E-state index in [-0.39, 0.29) is 5.41 Å². The Morgan fingerprint density at radius 3 is 1.51 bits per heavy atom. The van der Waals surface area contributed by atoms with Gasteiger partial charge in [0.05, 0.1) is 11.4 Å². The number of aryl methyl sites for hydroxylation is 2. The van der Waals surface area contributed by atoms with Crippen molar-refractivity contribution in [1.29, 1.82) is 0 Å². The molecule has 0 atom stereocenters. The first-order valence-electron chi connectivity index (χ1n) is 18.6. The molecule has 1 aliphatic carbocycles. The van der Waals surface area contributed by atoms with Crippen LogP contribution in [0.2, 0.25) is 0 Å². The molecule has 250 valence electrons. The summed E-state index contributed by atoms with van der Waals surface area (Å²) < 4.78 is 0. The van der Waals surface area contributed by atoms with Crippen molar-refractivity contribution in [2.24, 2.45) is 0 Å². The largest absolute Gasteiger partial charge is 0.310 e. The van der Waals surface area contributed by atoms with Crippen LogP contribution in [0.1, 0.15) is 56.7 Å². The second kappa shape index (κ2) is 12.6. The first-order valence-corrected chi connectivity index (χ1v) is 18.6. The molecule has 0 aromatic heterocycles. The highest BCUT2D eigenvalue weighted by Gasteiger charge is 2.33. The average molecular weight is 661 g/mol. The lowest BCUT2D eigenvalue weighted by Gasteiger charge is -2.37. The molecule has 2 nitrogen and oxygen atoms in total. The minimum absolute atomic E-state index is 0.0440. The van der Waals surface area contributed by atoms with Gasteiger partial charge in [0.15, 0.2) is 0 Å². The first kappa shape index (κ1) is 31.4. The van der Waals surface area contributed by atoms with Crippen LogP contribution in [0, 0.1) is 0 Å². The van der Waals surface area contributed by atoms with E-state index in [0.29, 0.717) is 0 Å². The van der Waals surface area contributed by atoms with Crippen molar-refractivity contribution in [3.63, 3.8) is 0 Å². The van der Waals surface area contributed by atoms with Crippen LogP contribution in [0.4, 0.5) is 34.1 Å². The van der Waals surface area contributed by atoms with Crippen LogP contribution in [-0.2, 0) is 18.3 Å². The molecule has 9 rings (SSSR count). The van der Waals surface area contributed by atoms with Crippen LogP contribution in [-0.4, -0.2) is 0 Å². The third-order valence-corrected chi connectivity index (χ3v) is 11.2. The molecule has 2 heteroatoms. The molecule has 51 heavy (non-hydrogen) atoms. The highest BCUT2D eigenvalue weighted by molar-refractivity contribution is 6.30. The molecule has 0 N–H and O–H groups in total. The van der Waals surface area contributed by atoms with Gasteiger partial charge in [-0.3, -0.25) is 0 Å². The Kier molecular flexibility index (Phi) is 7.77. The molecule has 0 bridgehead atoms. The van der Waals surface area contributed by atoms with Gasteiger partial charge in [-0.05, 0) is 131 Å². The van der Waals surface area contributed by atoms with Gasteiger partial charge >= 0.3 is 0 Å². The zero-order valence-electron chi connectivity index (χ0n) is 29.9. The van der Waals surface area contributed by atoms with Crippen LogP contribution in [0.25, 0.3) is 32.3 Å². The quantitative estimate of drug-likeness (QED) is 0.142. The number of hydrogen-bond acceptors (Lipinski definition) is 2. The van der Waals surface area contributed by atoms with Crippen molar-refractivity contribution < 1.29 is 0 Å². The van der Waals surface area contributed by atoms with Crippen molar-refractivity contribution in [2.75, 3.05) is 9.80 Å². The van der Waals surface area contributed by atoms with E-state index in [1.54, 1.807) is 0 Å². The first-order chi connectivity index (χ1) is 25.0. The summed E-state index contributed by atoms with van der Waals surface area (Å²) in [6, 6.07) is 56.1. The fourth-order valence-corrected chi connectivity index (χ4v) is 8.64. The summed E-state index contributed by atoms with van der Waals surface area (Å²) in [5.74, 6) is 0. The van der Waals surface area contributed by atoms with E-state index in [1.165, 1.54) is 83.1 Å². The third kappa shape index (κ3) is 5.24. The lowest BCUT2D eigenvalue weighted by molar-refractivity contribution is 0.475. The SMILES string of the molecule is CCCCc1cc(N(c2ccccc2)c2ccccc2)c2cc3c4c(cc(N(c5ccccc5)c5ccccc5)c5ccc1c2c54)CCC3(C)C. The Morgan fingerprint density at radius 2 is 1.00 bits per heavy atom. The maximum Gasteiger partial charge on any atom is 0.0543 e. The molecule has 0 aliphatic heterocycles. The second-order valence-electron chi connectivity index (χ2n) is 14.9. The molecule has 0 amide bonds. The van der Waals surface area contributed by atoms with Gasteiger partial charge in [0.1, 0.15) is 0 Å². The Hall–Kier alpha value is -5.60. The van der Waals surface area contributed by atoms with E-state index in [9.17, 15) is 0 Å². The Bertz CT molecular complexity index is 2390. The Morgan fingerprint density at radius 1 is 0.510 bits per heavy atom. The summed E-state index contributed by atoms with van der Waals surface area (Å²) in [4.78, 5) is 4.97. The number of unbranched alkanes of at least 4 members (excludes halogenated alkanes) is 1. The van der Waals surface area contributed by atoms with Gasteiger partial charge < -0.3 is 9.80 Å². The summed E-state index contributed by atoms with van der Waals surface area (Å²) in [5, 5.41) is 8.30. The summed E-state index contributed by atoms with van der Waals surface area (Å²) in [7, 11) is 0. The van der Waals surface area contributed by atoms with Crippen molar-refractivity contribution in [3.05, 3.63) is 168 Å². The minimum Gasteiger partial charge on any atom is -0.310 e. The molecule has 0 spiro atoms. The normalized spacial score (nSPS) is 13.6. The number of anilines is 6. The molecular weight excluding hydrogens is 617 g/mol. The smallest absolute Gasteiger partial charge is 0.0543 e. The maximum absolute atomic E-state index is 2.58. The van der Waals surface area contributed by atoms with Crippen LogP contribution >= 0.6 is 0 Å². The van der Waals surface area contributed by atoms with Gasteiger partial charge in [0, 0.05) is 38.9 Å². The average Bonchev–Trinajstić information content (AvgIpc) is 3.18. The van der Waals surface area contributed by atoms with Crippen molar-refractivity contribution >= 4 is 66.4 Å². The molecule has 8 aromatic carbocycles. The van der Waals surface area contributed by atoms with Gasteiger partial charge in [0.2, 0.25) is 0 Å². The minimum atomic E-state index is 0.0440. The topological polar surface area (TPSA) is 6.48 Å². The van der Waals surface area contributed by atoms with Crippen LogP contribution in [0.5, 0.6) is 0 Å². The molecule has 8 aromatic rings. The van der Waals surface area contributed by atoms with Crippen molar-refractivity contribution in [1.82, 2.24) is 0 Å². The number of rotatable bonds is 9. The van der Waals surface area contributed by atoms with Gasteiger partial charge in [-0.15, -0.1) is 0 Å². The molecule has 0 fully saturated rings. The highest BCUT2D eigenvalue weighted by atomic mass is 15.1. The van der Waals surface area contributed by atoms with E-state index in [0.717, 1.165) is 32.1 Å². The lowest BCUT2D eigenvalue weighted by Crippen LogP contribution is -2.24. The van der Waals surface area contributed by atoms with Crippen LogP contribution in [0.15, 0.2) is 152 Å². The second-order valence-corrected chi connectivity index (χ2v) is 14.9. The van der Waals surface area contributed by atoms with Gasteiger partial charge in [0.25, 0.3) is 0 Å². The fraction of sp³-hybridized carbons (Fsp3) is 0.184. The molecule has 1 aliphatic rings. The van der Waals surface area contributed by atoms with Crippen LogP contribution < -0.4 is 9.80 Å². The zero-order chi connectivity index (χ0) is 34.5. The van der Waals surface area contributed by atoms with Gasteiger partial charge in [-0.1, -0.05) is 112 Å². The number of para-hydroxylation sites is 4. The molecular formula is C49H44N2. The number of benzene rings is 8. The number of nitrogens with zero attached hydrogens (tertiary/aromatic N) is 2. The molecule has 0 saturated heterocycles. The van der Waals surface area contributed by atoms with Crippen molar-refractivity contribution in [2.45, 2.75) is 58.3 Å². The Labute approximate surface area is 301 Å². The molecule has 0 saturated carbocycles. The third-order valence-electron chi connectivity index (χ3n) is 11.2. The summed E-state index contributed by atoms with van der Waals surface area (Å²) in [6.07, 6.45) is 5.55. The summed E-state index contributed by atoms with van der Waals surface area (Å²) in [6.45, 7) is 7.21. The predicted molar refractivity (Wildman–Crippen MR) is 219 cm³/mol. The summed E-state index contributed by atoms with van der Waals surface area (Å²) >= 11 is 0. The van der Waals surface area contributed by atoms with E-state index in [2.05, 4.69) is 182 Å². The monoisotopic (exact) mass is 660 g/mol. The standard InChI is InChI=1S/C49H44N2/c1-4-5-18-34-31-45(51(38-23-14-8-15-24-38)39-25-16-9-17-26-39)42-33-43-46-35(29-30-49(43,2)3)32-44(41-28-27-40(34)47(42)48(41)46)50(36-19-10-6-11-20-36)37-21-12-7-13-22-37/h6-17,19-28,31-33H,4-5,18,29-30H2,1-3H3. The van der Waals surface area contributed by atoms with E-state index in [4.69, 9.17) is 0 Å². The molecule has 0 radical (unpaired) electrons. The summed E-state index contributed by atoms with van der Waals surface area (Å²) in [5.41, 5.74) is 11.6. The van der Waals surface area contributed by atoms with E-state index in [1.807, 2.05) is 0 Å². The zero-order valence-corrected chi connectivity index (χ0v) is 29.9. The maximum atomic E-state index is 2.58. The number of hydrogen-bond donors (Lipinski definition) is 0. The molecule has 0 heterocycles. The van der Waals surface area contributed by atoms with Gasteiger partial charge in [-0.25, -0.2) is 0 Å². The van der Waals surface area contributed by atoms with Gasteiger partial charge in [-0.2, -0.15) is 0 Å². The predicted octanol–water partition coefficient (Wildman–Crippen LogP) is 14.1. The molecule has 0 unspecified atom stereocenters. The Balaban J connectivity index is 1.45. The van der Waals surface area contributed by atoms with Crippen molar-refractivity contribution in [3.8, 4) is 0 Å². The van der Waals surface area contributed by atoms with E-state index >= 15 is 0 Å². The van der Waals surface area contributed by atoms with E-state index < -0.39 is 0 Å². The lowest BCUT2D eigenvalue weighted by atomic mass is 9.70.